The fourth-order valence-corrected chi connectivity index (χ4v) is 3.77. The number of rotatable bonds is 8. The Bertz CT molecular complexity index is 1290. The zero-order valence-electron chi connectivity index (χ0n) is 19.1. The summed E-state index contributed by atoms with van der Waals surface area (Å²) in [6.45, 7) is 3.45. The van der Waals surface area contributed by atoms with Crippen LogP contribution in [-0.2, 0) is 29.3 Å². The van der Waals surface area contributed by atoms with E-state index >= 15 is 0 Å². The molecule has 1 heterocycles. The third kappa shape index (κ3) is 7.52. The van der Waals surface area contributed by atoms with Crippen LogP contribution >= 0.6 is 0 Å². The number of hydrogen-bond acceptors (Lipinski definition) is 4. The fraction of sp³-hybridized carbons (Fsp3) is 0.250. The van der Waals surface area contributed by atoms with Gasteiger partial charge in [-0.25, -0.2) is 22.9 Å². The Morgan fingerprint density at radius 3 is 2.34 bits per heavy atom. The van der Waals surface area contributed by atoms with E-state index in [1.54, 1.807) is 49.4 Å². The van der Waals surface area contributed by atoms with E-state index in [0.717, 1.165) is 11.6 Å². The minimum Gasteiger partial charge on any atom is -0.334 e. The van der Waals surface area contributed by atoms with Crippen LogP contribution in [0.15, 0.2) is 60.7 Å². The zero-order valence-corrected chi connectivity index (χ0v) is 19.9. The number of nitrogens with one attached hydrogen (secondary N) is 3. The number of benzene rings is 2. The summed E-state index contributed by atoms with van der Waals surface area (Å²) in [5.74, 6) is -0.0210. The van der Waals surface area contributed by atoms with E-state index in [0.29, 0.717) is 22.4 Å². The molecular formula is C24H25F3N4O3S. The molecule has 3 N–H and O–H groups in total. The first-order valence-electron chi connectivity index (χ1n) is 10.7. The van der Waals surface area contributed by atoms with Gasteiger partial charge in [0, 0.05) is 24.3 Å². The van der Waals surface area contributed by atoms with Crippen molar-refractivity contribution in [1.82, 2.24) is 15.0 Å². The lowest BCUT2D eigenvalue weighted by Gasteiger charge is -2.14. The van der Waals surface area contributed by atoms with Gasteiger partial charge in [-0.3, -0.25) is 0 Å². The Labute approximate surface area is 201 Å². The van der Waals surface area contributed by atoms with Gasteiger partial charge in [0.1, 0.15) is 5.69 Å². The smallest absolute Gasteiger partial charge is 0.334 e. The SMILES string of the molecule is CCS(=O)(=O)NCc1ccc(NC(=O)NCc2ccc(C(F)(F)F)nc2-c2cccc(C)c2)cc1. The van der Waals surface area contributed by atoms with Crippen molar-refractivity contribution < 1.29 is 26.4 Å². The number of nitrogens with zero attached hydrogens (tertiary/aromatic N) is 1. The number of carbonyl (C=O) groups is 1. The van der Waals surface area contributed by atoms with Gasteiger partial charge < -0.3 is 10.6 Å². The zero-order chi connectivity index (χ0) is 25.6. The summed E-state index contributed by atoms with van der Waals surface area (Å²) in [6, 6.07) is 15.2. The first-order valence-corrected chi connectivity index (χ1v) is 12.4. The van der Waals surface area contributed by atoms with Gasteiger partial charge in [0.05, 0.1) is 11.4 Å². The van der Waals surface area contributed by atoms with Crippen LogP contribution in [0.5, 0.6) is 0 Å². The summed E-state index contributed by atoms with van der Waals surface area (Å²) < 4.78 is 65.2. The van der Waals surface area contributed by atoms with Crippen molar-refractivity contribution in [2.24, 2.45) is 0 Å². The molecule has 2 amide bonds. The fourth-order valence-electron chi connectivity index (χ4n) is 3.18. The average molecular weight is 507 g/mol. The predicted octanol–water partition coefficient (Wildman–Crippen LogP) is 4.84. The third-order valence-corrected chi connectivity index (χ3v) is 6.43. The Balaban J connectivity index is 1.68. The molecule has 0 aliphatic carbocycles. The van der Waals surface area contributed by atoms with Crippen LogP contribution in [0.25, 0.3) is 11.3 Å². The molecule has 186 valence electrons. The molecule has 0 saturated carbocycles. The lowest BCUT2D eigenvalue weighted by atomic mass is 10.0. The molecule has 3 aromatic rings. The molecule has 0 bridgehead atoms. The molecule has 0 aliphatic heterocycles. The van der Waals surface area contributed by atoms with Crippen LogP contribution in [0.4, 0.5) is 23.7 Å². The molecule has 3 rings (SSSR count). The number of sulfonamides is 1. The molecule has 0 aliphatic rings. The summed E-state index contributed by atoms with van der Waals surface area (Å²) in [7, 11) is -3.31. The minimum atomic E-state index is -4.59. The molecule has 0 fully saturated rings. The number of alkyl halides is 3. The summed E-state index contributed by atoms with van der Waals surface area (Å²) in [5, 5.41) is 5.27. The largest absolute Gasteiger partial charge is 0.433 e. The maximum Gasteiger partial charge on any atom is 0.433 e. The van der Waals surface area contributed by atoms with Crippen LogP contribution in [0.1, 0.15) is 29.3 Å². The number of urea groups is 1. The molecule has 1 aromatic heterocycles. The maximum atomic E-state index is 13.2. The summed E-state index contributed by atoms with van der Waals surface area (Å²) in [6.07, 6.45) is -4.59. The van der Waals surface area contributed by atoms with E-state index in [4.69, 9.17) is 0 Å². The van der Waals surface area contributed by atoms with Crippen LogP contribution in [0.3, 0.4) is 0 Å². The molecule has 0 radical (unpaired) electrons. The normalized spacial score (nSPS) is 11.8. The predicted molar refractivity (Wildman–Crippen MR) is 128 cm³/mol. The molecule has 35 heavy (non-hydrogen) atoms. The van der Waals surface area contributed by atoms with Crippen LogP contribution in [0.2, 0.25) is 0 Å². The van der Waals surface area contributed by atoms with E-state index < -0.39 is 27.9 Å². The molecule has 11 heteroatoms. The summed E-state index contributed by atoms with van der Waals surface area (Å²) in [4.78, 5) is 16.2. The molecule has 0 spiro atoms. The maximum absolute atomic E-state index is 13.2. The van der Waals surface area contributed by atoms with Gasteiger partial charge in [-0.2, -0.15) is 13.2 Å². The van der Waals surface area contributed by atoms with Crippen LogP contribution in [0, 0.1) is 6.92 Å². The number of pyridine rings is 1. The van der Waals surface area contributed by atoms with Crippen molar-refractivity contribution >= 4 is 21.7 Å². The number of anilines is 1. The number of halogens is 3. The Morgan fingerprint density at radius 2 is 1.71 bits per heavy atom. The van der Waals surface area contributed by atoms with Crippen molar-refractivity contribution in [3.05, 3.63) is 83.0 Å². The van der Waals surface area contributed by atoms with E-state index in [1.165, 1.54) is 6.07 Å². The number of aryl methyl sites for hydroxylation is 1. The van der Waals surface area contributed by atoms with Gasteiger partial charge in [0.15, 0.2) is 0 Å². The first kappa shape index (κ1) is 26.2. The lowest BCUT2D eigenvalue weighted by molar-refractivity contribution is -0.141. The Kier molecular flexibility index (Phi) is 8.13. The van der Waals surface area contributed by atoms with Gasteiger partial charge in [-0.1, -0.05) is 42.0 Å². The van der Waals surface area contributed by atoms with Gasteiger partial charge in [-0.05, 0) is 49.2 Å². The average Bonchev–Trinajstić information content (AvgIpc) is 2.81. The molecule has 0 atom stereocenters. The topological polar surface area (TPSA) is 100 Å². The van der Waals surface area contributed by atoms with E-state index in [1.807, 2.05) is 13.0 Å². The minimum absolute atomic E-state index is 0.0210. The molecule has 0 saturated heterocycles. The van der Waals surface area contributed by atoms with Gasteiger partial charge in [0.25, 0.3) is 0 Å². The lowest BCUT2D eigenvalue weighted by Crippen LogP contribution is -2.28. The second kappa shape index (κ2) is 10.9. The second-order valence-electron chi connectivity index (χ2n) is 7.80. The highest BCUT2D eigenvalue weighted by Gasteiger charge is 2.33. The third-order valence-electron chi connectivity index (χ3n) is 5.09. The molecule has 7 nitrogen and oxygen atoms in total. The van der Waals surface area contributed by atoms with Crippen molar-refractivity contribution in [1.29, 1.82) is 0 Å². The molecule has 2 aromatic carbocycles. The standard InChI is InChI=1S/C24H25F3N4O3S/c1-3-35(33,34)29-14-17-7-10-20(11-8-17)30-23(32)28-15-19-9-12-21(24(25,26)27)31-22(19)18-6-4-5-16(2)13-18/h4-13,29H,3,14-15H2,1-2H3,(H2,28,30,32). The van der Waals surface area contributed by atoms with Crippen LogP contribution in [-0.4, -0.2) is 25.2 Å². The van der Waals surface area contributed by atoms with E-state index in [2.05, 4.69) is 20.3 Å². The van der Waals surface area contributed by atoms with E-state index in [-0.39, 0.29) is 24.5 Å². The van der Waals surface area contributed by atoms with Gasteiger partial charge in [0.2, 0.25) is 10.0 Å². The van der Waals surface area contributed by atoms with Gasteiger partial charge in [-0.15, -0.1) is 0 Å². The monoisotopic (exact) mass is 506 g/mol. The number of carbonyl (C=O) groups excluding carboxylic acids is 1. The van der Waals surface area contributed by atoms with Crippen molar-refractivity contribution in [3.8, 4) is 11.3 Å². The highest BCUT2D eigenvalue weighted by Crippen LogP contribution is 2.31. The number of hydrogen-bond donors (Lipinski definition) is 3. The van der Waals surface area contributed by atoms with Gasteiger partial charge >= 0.3 is 12.2 Å². The number of amides is 2. The summed E-state index contributed by atoms with van der Waals surface area (Å²) in [5.41, 5.74) is 2.12. The van der Waals surface area contributed by atoms with Crippen molar-refractivity contribution in [2.75, 3.05) is 11.1 Å². The Morgan fingerprint density at radius 1 is 1.00 bits per heavy atom. The summed E-state index contributed by atoms with van der Waals surface area (Å²) >= 11 is 0. The molecule has 0 unspecified atom stereocenters. The van der Waals surface area contributed by atoms with Crippen molar-refractivity contribution in [2.45, 2.75) is 33.1 Å². The first-order chi connectivity index (χ1) is 16.5. The number of aromatic nitrogens is 1. The second-order valence-corrected chi connectivity index (χ2v) is 9.90. The van der Waals surface area contributed by atoms with Crippen LogP contribution < -0.4 is 15.4 Å². The highest BCUT2D eigenvalue weighted by molar-refractivity contribution is 7.89. The highest BCUT2D eigenvalue weighted by atomic mass is 32.2. The molecular weight excluding hydrogens is 481 g/mol. The Hall–Kier alpha value is -3.44. The quantitative estimate of drug-likeness (QED) is 0.407. The van der Waals surface area contributed by atoms with Crippen molar-refractivity contribution in [3.63, 3.8) is 0 Å². The van der Waals surface area contributed by atoms with E-state index in [9.17, 15) is 26.4 Å².